The van der Waals surface area contributed by atoms with Crippen molar-refractivity contribution in [2.45, 2.75) is 9.79 Å². The van der Waals surface area contributed by atoms with E-state index in [0.717, 1.165) is 0 Å². The Morgan fingerprint density at radius 1 is 0.800 bits per heavy atom. The molecule has 2 aromatic carbocycles. The average molecular weight is 313 g/mol. The van der Waals surface area contributed by atoms with Gasteiger partial charge in [0, 0.05) is 16.8 Å². The molecule has 106 valence electrons. The van der Waals surface area contributed by atoms with E-state index in [1.54, 1.807) is 0 Å². The molecule has 3 rings (SSSR count). The number of fused-ring (bicyclic) bond motifs is 2. The second-order valence-electron chi connectivity index (χ2n) is 3.97. The van der Waals surface area contributed by atoms with E-state index in [-0.39, 0.29) is 0 Å². The highest BCUT2D eigenvalue weighted by molar-refractivity contribution is 7.99. The molecule has 1 heterocycles. The second kappa shape index (κ2) is 6.01. The standard InChI is InChI=1S/C13H11NS.ClHO4/c1-14-10-6-2-4-8-12(10)15-13-9-5-3-7-11(13)14;2-1(3,4)5/h2-9H,1H3;(H,2,3,4,5)/p-1. The number of anilines is 2. The van der Waals surface area contributed by atoms with Crippen LogP contribution in [-0.2, 0) is 0 Å². The summed E-state index contributed by atoms with van der Waals surface area (Å²) in [7, 11) is -2.82. The van der Waals surface area contributed by atoms with Crippen molar-refractivity contribution in [2.75, 3.05) is 11.9 Å². The van der Waals surface area contributed by atoms with E-state index in [1.165, 1.54) is 21.2 Å². The van der Waals surface area contributed by atoms with Crippen molar-refractivity contribution in [1.82, 2.24) is 0 Å². The summed E-state index contributed by atoms with van der Waals surface area (Å²) in [6, 6.07) is 17.0. The molecule has 1 aliphatic heterocycles. The lowest BCUT2D eigenvalue weighted by molar-refractivity contribution is -2.00. The Morgan fingerprint density at radius 2 is 1.15 bits per heavy atom. The lowest BCUT2D eigenvalue weighted by Crippen LogP contribution is -2.68. The molecule has 7 heteroatoms. The van der Waals surface area contributed by atoms with Crippen LogP contribution in [0.5, 0.6) is 0 Å². The third-order valence-corrected chi connectivity index (χ3v) is 3.80. The van der Waals surface area contributed by atoms with Gasteiger partial charge >= 0.3 is 0 Å². The van der Waals surface area contributed by atoms with Crippen LogP contribution in [0.2, 0.25) is 0 Å². The van der Waals surface area contributed by atoms with Crippen molar-refractivity contribution >= 4 is 23.1 Å². The monoisotopic (exact) mass is 312 g/mol. The zero-order valence-electron chi connectivity index (χ0n) is 10.5. The molecule has 0 saturated carbocycles. The summed E-state index contributed by atoms with van der Waals surface area (Å²) in [5, 5.41) is 0. The highest BCUT2D eigenvalue weighted by Crippen LogP contribution is 2.46. The van der Waals surface area contributed by atoms with E-state index in [0.29, 0.717) is 0 Å². The molecule has 0 amide bonds. The summed E-state index contributed by atoms with van der Waals surface area (Å²) in [6.07, 6.45) is 0. The second-order valence-corrected chi connectivity index (χ2v) is 5.81. The number of halogens is 1. The van der Waals surface area contributed by atoms with Gasteiger partial charge < -0.3 is 4.90 Å². The number of benzene rings is 2. The van der Waals surface area contributed by atoms with Crippen LogP contribution in [0.3, 0.4) is 0 Å². The maximum absolute atomic E-state index is 8.49. The number of para-hydroxylation sites is 2. The van der Waals surface area contributed by atoms with E-state index >= 15 is 0 Å². The van der Waals surface area contributed by atoms with Gasteiger partial charge in [0.05, 0.1) is 11.4 Å². The first-order chi connectivity index (χ1) is 9.36. The van der Waals surface area contributed by atoms with E-state index in [4.69, 9.17) is 18.6 Å². The molecule has 0 N–H and O–H groups in total. The molecule has 2 aromatic rings. The van der Waals surface area contributed by atoms with Crippen LogP contribution in [-0.4, -0.2) is 7.05 Å². The first-order valence-corrected chi connectivity index (χ1v) is 7.63. The fourth-order valence-corrected chi connectivity index (χ4v) is 3.04. The lowest BCUT2D eigenvalue weighted by Gasteiger charge is -2.29. The molecule has 0 aliphatic carbocycles. The van der Waals surface area contributed by atoms with Crippen molar-refractivity contribution in [3.8, 4) is 0 Å². The highest BCUT2D eigenvalue weighted by Gasteiger charge is 2.18. The highest BCUT2D eigenvalue weighted by atomic mass is 35.7. The van der Waals surface area contributed by atoms with Crippen molar-refractivity contribution < 1.29 is 28.9 Å². The smallest absolute Gasteiger partial charge is 0.0550 e. The Labute approximate surface area is 122 Å². The van der Waals surface area contributed by atoms with Gasteiger partial charge in [-0.2, -0.15) is 0 Å². The molecule has 0 radical (unpaired) electrons. The molecular formula is C13H11ClNO4S-. The normalized spacial score (nSPS) is 12.9. The van der Waals surface area contributed by atoms with Gasteiger partial charge in [0.25, 0.3) is 0 Å². The summed E-state index contributed by atoms with van der Waals surface area (Å²) in [6.45, 7) is 0. The van der Waals surface area contributed by atoms with Gasteiger partial charge in [0.2, 0.25) is 0 Å². The quantitative estimate of drug-likeness (QED) is 0.629. The third-order valence-electron chi connectivity index (χ3n) is 2.67. The van der Waals surface area contributed by atoms with Gasteiger partial charge in [-0.3, -0.25) is 0 Å². The predicted octanol–water partition coefficient (Wildman–Crippen LogP) is -0.837. The van der Waals surface area contributed by atoms with Crippen LogP contribution >= 0.6 is 11.8 Å². The first kappa shape index (κ1) is 15.1. The minimum atomic E-state index is -4.94. The van der Waals surface area contributed by atoms with E-state index in [9.17, 15) is 0 Å². The minimum Gasteiger partial charge on any atom is -0.343 e. The molecule has 0 saturated heterocycles. The van der Waals surface area contributed by atoms with Gasteiger partial charge in [0.15, 0.2) is 0 Å². The number of hydrogen-bond acceptors (Lipinski definition) is 6. The molecule has 0 spiro atoms. The Balaban J connectivity index is 0.000000257. The summed E-state index contributed by atoms with van der Waals surface area (Å²) in [5.74, 6) is 0. The maximum Gasteiger partial charge on any atom is 0.0550 e. The van der Waals surface area contributed by atoms with E-state index in [2.05, 4.69) is 60.5 Å². The van der Waals surface area contributed by atoms with Crippen LogP contribution in [0.15, 0.2) is 58.3 Å². The lowest BCUT2D eigenvalue weighted by atomic mass is 10.2. The topological polar surface area (TPSA) is 95.5 Å². The molecule has 0 aromatic heterocycles. The van der Waals surface area contributed by atoms with Gasteiger partial charge in [-0.25, -0.2) is 18.6 Å². The fourth-order valence-electron chi connectivity index (χ4n) is 1.89. The van der Waals surface area contributed by atoms with Crippen molar-refractivity contribution in [3.63, 3.8) is 0 Å². The summed E-state index contributed by atoms with van der Waals surface area (Å²) in [4.78, 5) is 4.92. The van der Waals surface area contributed by atoms with Crippen LogP contribution in [0.25, 0.3) is 0 Å². The fraction of sp³-hybridized carbons (Fsp3) is 0.0769. The number of rotatable bonds is 0. The van der Waals surface area contributed by atoms with E-state index < -0.39 is 10.2 Å². The summed E-state index contributed by atoms with van der Waals surface area (Å²) in [5.41, 5.74) is 2.59. The Morgan fingerprint density at radius 3 is 1.55 bits per heavy atom. The molecule has 0 fully saturated rings. The maximum atomic E-state index is 8.49. The molecule has 0 atom stereocenters. The van der Waals surface area contributed by atoms with Crippen molar-refractivity contribution in [2.24, 2.45) is 0 Å². The molecule has 20 heavy (non-hydrogen) atoms. The van der Waals surface area contributed by atoms with Crippen LogP contribution in [0, 0.1) is 10.2 Å². The Kier molecular flexibility index (Phi) is 4.54. The van der Waals surface area contributed by atoms with E-state index in [1.807, 2.05) is 11.8 Å². The van der Waals surface area contributed by atoms with Crippen LogP contribution < -0.4 is 23.5 Å². The van der Waals surface area contributed by atoms with Crippen LogP contribution in [0.1, 0.15) is 0 Å². The largest absolute Gasteiger partial charge is 0.343 e. The molecule has 5 nitrogen and oxygen atoms in total. The van der Waals surface area contributed by atoms with Crippen molar-refractivity contribution in [1.29, 1.82) is 0 Å². The van der Waals surface area contributed by atoms with Gasteiger partial charge in [-0.15, -0.1) is 10.2 Å². The number of hydrogen-bond donors (Lipinski definition) is 0. The first-order valence-electron chi connectivity index (χ1n) is 5.57. The van der Waals surface area contributed by atoms with Crippen LogP contribution in [0.4, 0.5) is 11.4 Å². The molecule has 1 aliphatic rings. The third kappa shape index (κ3) is 3.86. The molecule has 0 bridgehead atoms. The Hall–Kier alpha value is -1.28. The summed E-state index contributed by atoms with van der Waals surface area (Å²) >= 11 is 1.84. The van der Waals surface area contributed by atoms with Gasteiger partial charge in [-0.05, 0) is 24.3 Å². The average Bonchev–Trinajstić information content (AvgIpc) is 2.37. The zero-order valence-corrected chi connectivity index (χ0v) is 12.1. The van der Waals surface area contributed by atoms with Crippen molar-refractivity contribution in [3.05, 3.63) is 48.5 Å². The minimum absolute atomic E-state index is 1.29. The molecular weight excluding hydrogens is 302 g/mol. The zero-order chi connectivity index (χ0) is 14.8. The van der Waals surface area contributed by atoms with Gasteiger partial charge in [0.1, 0.15) is 0 Å². The SMILES string of the molecule is CN1c2ccccc2Sc2ccccc21.[O-][Cl+3]([O-])([O-])[O-]. The number of nitrogens with zero attached hydrogens (tertiary/aromatic N) is 1. The summed E-state index contributed by atoms with van der Waals surface area (Å²) < 4.78 is 34.0. The van der Waals surface area contributed by atoms with Gasteiger partial charge in [-0.1, -0.05) is 36.0 Å². The predicted molar refractivity (Wildman–Crippen MR) is 65.1 cm³/mol. The molecule has 0 unspecified atom stereocenters. The Bertz CT molecular complexity index is 551.